The van der Waals surface area contributed by atoms with E-state index in [2.05, 4.69) is 44.5 Å². The van der Waals surface area contributed by atoms with Gasteiger partial charge in [0.1, 0.15) is 5.82 Å². The van der Waals surface area contributed by atoms with Crippen molar-refractivity contribution in [3.63, 3.8) is 0 Å². The van der Waals surface area contributed by atoms with Crippen molar-refractivity contribution in [3.8, 4) is 0 Å². The van der Waals surface area contributed by atoms with Crippen LogP contribution in [0.4, 0.5) is 13.2 Å². The fraction of sp³-hybridized carbons (Fsp3) is 0.474. The highest BCUT2D eigenvalue weighted by Gasteiger charge is 2.37. The molecule has 1 fully saturated rings. The SMILES string of the molecule is Cn1c(CCCN2CCC(c3c[nH]c4ccccc34)C2)nnc1C(F)(F)F. The van der Waals surface area contributed by atoms with E-state index in [1.165, 1.54) is 18.0 Å². The topological polar surface area (TPSA) is 49.7 Å². The molecule has 3 heterocycles. The lowest BCUT2D eigenvalue weighted by atomic mass is 9.98. The zero-order chi connectivity index (χ0) is 19.0. The Kier molecular flexibility index (Phi) is 4.67. The number of H-pyrrole nitrogens is 1. The number of nitrogens with zero attached hydrogens (tertiary/aromatic N) is 4. The summed E-state index contributed by atoms with van der Waals surface area (Å²) in [5.41, 5.74) is 2.52. The van der Waals surface area contributed by atoms with Crippen LogP contribution in [0.15, 0.2) is 30.5 Å². The fourth-order valence-electron chi connectivity index (χ4n) is 4.01. The number of hydrogen-bond acceptors (Lipinski definition) is 3. The number of fused-ring (bicyclic) bond motifs is 1. The van der Waals surface area contributed by atoms with Crippen LogP contribution in [-0.2, 0) is 19.6 Å². The first-order valence-corrected chi connectivity index (χ1v) is 9.17. The molecule has 0 saturated carbocycles. The summed E-state index contributed by atoms with van der Waals surface area (Å²) in [7, 11) is 1.38. The molecule has 1 atom stereocenters. The number of halogens is 3. The number of aromatic amines is 1. The maximum Gasteiger partial charge on any atom is 0.451 e. The van der Waals surface area contributed by atoms with Crippen LogP contribution in [0.25, 0.3) is 10.9 Å². The molecule has 8 heteroatoms. The molecule has 1 aliphatic heterocycles. The van der Waals surface area contributed by atoms with E-state index in [0.29, 0.717) is 18.2 Å². The standard InChI is InChI=1S/C19H22F3N5/c1-26-17(24-25-18(26)19(20,21)22)7-4-9-27-10-8-13(12-27)15-11-23-16-6-3-2-5-14(15)16/h2-3,5-6,11,13,23H,4,7-10,12H2,1H3. The molecule has 0 amide bonds. The molecule has 1 saturated heterocycles. The smallest absolute Gasteiger partial charge is 0.361 e. The van der Waals surface area contributed by atoms with Crippen molar-refractivity contribution in [1.29, 1.82) is 0 Å². The Labute approximate surface area is 155 Å². The summed E-state index contributed by atoms with van der Waals surface area (Å²) in [6, 6.07) is 8.32. The highest BCUT2D eigenvalue weighted by atomic mass is 19.4. The van der Waals surface area contributed by atoms with Crippen LogP contribution < -0.4 is 0 Å². The number of alkyl halides is 3. The highest BCUT2D eigenvalue weighted by molar-refractivity contribution is 5.83. The minimum atomic E-state index is -4.46. The molecule has 1 N–H and O–H groups in total. The summed E-state index contributed by atoms with van der Waals surface area (Å²) in [6.07, 6.45) is 0.0147. The maximum absolute atomic E-state index is 12.8. The van der Waals surface area contributed by atoms with Crippen LogP contribution in [0.2, 0.25) is 0 Å². The van der Waals surface area contributed by atoms with E-state index >= 15 is 0 Å². The van der Waals surface area contributed by atoms with E-state index in [0.717, 1.165) is 42.6 Å². The van der Waals surface area contributed by atoms with Crippen LogP contribution in [0, 0.1) is 0 Å². The van der Waals surface area contributed by atoms with Crippen LogP contribution in [0.1, 0.15) is 36.0 Å². The molecule has 144 valence electrons. The third kappa shape index (κ3) is 3.58. The lowest BCUT2D eigenvalue weighted by Gasteiger charge is -2.15. The first-order valence-electron chi connectivity index (χ1n) is 9.17. The summed E-state index contributed by atoms with van der Waals surface area (Å²) in [5, 5.41) is 8.27. The van der Waals surface area contributed by atoms with E-state index in [-0.39, 0.29) is 0 Å². The van der Waals surface area contributed by atoms with Gasteiger partial charge in [-0.1, -0.05) is 18.2 Å². The Hall–Kier alpha value is -2.35. The molecule has 0 aliphatic carbocycles. The Morgan fingerprint density at radius 1 is 1.22 bits per heavy atom. The van der Waals surface area contributed by atoms with Gasteiger partial charge in [-0.2, -0.15) is 13.2 Å². The minimum Gasteiger partial charge on any atom is -0.361 e. The lowest BCUT2D eigenvalue weighted by Crippen LogP contribution is -2.22. The van der Waals surface area contributed by atoms with Gasteiger partial charge in [0.2, 0.25) is 5.82 Å². The van der Waals surface area contributed by atoms with Gasteiger partial charge in [0.15, 0.2) is 0 Å². The quantitative estimate of drug-likeness (QED) is 0.737. The van der Waals surface area contributed by atoms with Crippen molar-refractivity contribution >= 4 is 10.9 Å². The van der Waals surface area contributed by atoms with Crippen LogP contribution in [0.3, 0.4) is 0 Å². The van der Waals surface area contributed by atoms with Gasteiger partial charge < -0.3 is 14.5 Å². The number of hydrogen-bond donors (Lipinski definition) is 1. The van der Waals surface area contributed by atoms with Crippen molar-refractivity contribution in [2.24, 2.45) is 7.05 Å². The molecule has 2 aromatic heterocycles. The summed E-state index contributed by atoms with van der Waals surface area (Å²) in [5.74, 6) is -0.0550. The van der Waals surface area contributed by atoms with Crippen LogP contribution in [-0.4, -0.2) is 44.3 Å². The minimum absolute atomic E-state index is 0.384. The molecule has 3 aromatic rings. The number of para-hydroxylation sites is 1. The maximum atomic E-state index is 12.8. The van der Waals surface area contributed by atoms with Gasteiger partial charge in [0.25, 0.3) is 0 Å². The normalized spacial score (nSPS) is 18.6. The first kappa shape index (κ1) is 18.0. The molecule has 1 aliphatic rings. The summed E-state index contributed by atoms with van der Waals surface area (Å²) in [6.45, 7) is 2.85. The number of aryl methyl sites for hydroxylation is 1. The lowest BCUT2D eigenvalue weighted by molar-refractivity contribution is -0.147. The largest absolute Gasteiger partial charge is 0.451 e. The molecule has 1 aromatic carbocycles. The predicted octanol–water partition coefficient (Wildman–Crippen LogP) is 3.74. The average Bonchev–Trinajstić information content (AvgIpc) is 3.33. The number of nitrogens with one attached hydrogen (secondary N) is 1. The van der Waals surface area contributed by atoms with Gasteiger partial charge in [-0.05, 0) is 43.5 Å². The van der Waals surface area contributed by atoms with Crippen molar-refractivity contribution in [1.82, 2.24) is 24.6 Å². The van der Waals surface area contributed by atoms with Gasteiger partial charge in [-0.25, -0.2) is 0 Å². The van der Waals surface area contributed by atoms with Crippen molar-refractivity contribution in [2.75, 3.05) is 19.6 Å². The second kappa shape index (κ2) is 6.99. The molecule has 0 spiro atoms. The Balaban J connectivity index is 1.33. The Morgan fingerprint density at radius 2 is 2.04 bits per heavy atom. The summed E-state index contributed by atoms with van der Waals surface area (Å²) in [4.78, 5) is 5.72. The average molecular weight is 377 g/mol. The number of likely N-dealkylation sites (tertiary alicyclic amines) is 1. The van der Waals surface area contributed by atoms with Crippen LogP contribution in [0.5, 0.6) is 0 Å². The number of benzene rings is 1. The zero-order valence-electron chi connectivity index (χ0n) is 15.1. The van der Waals surface area contributed by atoms with E-state index in [4.69, 9.17) is 0 Å². The Bertz CT molecular complexity index is 927. The van der Waals surface area contributed by atoms with Gasteiger partial charge in [0, 0.05) is 37.1 Å². The molecule has 27 heavy (non-hydrogen) atoms. The Morgan fingerprint density at radius 3 is 2.81 bits per heavy atom. The van der Waals surface area contributed by atoms with Gasteiger partial charge >= 0.3 is 6.18 Å². The molecule has 0 bridgehead atoms. The fourth-order valence-corrected chi connectivity index (χ4v) is 4.01. The molecule has 0 radical (unpaired) electrons. The summed E-state index contributed by atoms with van der Waals surface area (Å²) < 4.78 is 39.4. The molecule has 1 unspecified atom stereocenters. The van der Waals surface area contributed by atoms with E-state index in [1.54, 1.807) is 0 Å². The van der Waals surface area contributed by atoms with E-state index in [1.807, 2.05) is 6.07 Å². The van der Waals surface area contributed by atoms with E-state index in [9.17, 15) is 13.2 Å². The first-order chi connectivity index (χ1) is 12.9. The second-order valence-corrected chi connectivity index (χ2v) is 7.18. The third-order valence-corrected chi connectivity index (χ3v) is 5.43. The van der Waals surface area contributed by atoms with Crippen molar-refractivity contribution in [2.45, 2.75) is 31.4 Å². The van der Waals surface area contributed by atoms with E-state index < -0.39 is 12.0 Å². The highest BCUT2D eigenvalue weighted by Crippen LogP contribution is 2.32. The molecular weight excluding hydrogens is 355 g/mol. The van der Waals surface area contributed by atoms with Gasteiger partial charge in [-0.15, -0.1) is 10.2 Å². The van der Waals surface area contributed by atoms with Gasteiger partial charge in [0.05, 0.1) is 0 Å². The number of rotatable bonds is 5. The molecular formula is C19H22F3N5. The predicted molar refractivity (Wildman–Crippen MR) is 96.4 cm³/mol. The van der Waals surface area contributed by atoms with Crippen molar-refractivity contribution in [3.05, 3.63) is 47.7 Å². The van der Waals surface area contributed by atoms with Crippen LogP contribution >= 0.6 is 0 Å². The third-order valence-electron chi connectivity index (χ3n) is 5.43. The summed E-state index contributed by atoms with van der Waals surface area (Å²) >= 11 is 0. The zero-order valence-corrected chi connectivity index (χ0v) is 15.1. The molecule has 5 nitrogen and oxygen atoms in total. The van der Waals surface area contributed by atoms with Gasteiger partial charge in [-0.3, -0.25) is 0 Å². The number of aromatic nitrogens is 4. The molecule has 4 rings (SSSR count). The second-order valence-electron chi connectivity index (χ2n) is 7.18. The van der Waals surface area contributed by atoms with Crippen molar-refractivity contribution < 1.29 is 13.2 Å². The monoisotopic (exact) mass is 377 g/mol.